The number of nitrogens with one attached hydrogen (secondary N) is 1. The molecule has 0 aliphatic heterocycles. The molecule has 0 amide bonds. The average molecular weight is 285 g/mol. The lowest BCUT2D eigenvalue weighted by molar-refractivity contribution is 1.48. The predicted octanol–water partition coefficient (Wildman–Crippen LogP) is 4.27. The van der Waals surface area contributed by atoms with Crippen molar-refractivity contribution in [2.75, 3.05) is 5.32 Å². The topological polar surface area (TPSA) is 12.0 Å². The van der Waals surface area contributed by atoms with Crippen LogP contribution < -0.4 is 15.8 Å². The van der Waals surface area contributed by atoms with Crippen LogP contribution in [0.5, 0.6) is 0 Å². The summed E-state index contributed by atoms with van der Waals surface area (Å²) in [7, 11) is 0. The van der Waals surface area contributed by atoms with Crippen molar-refractivity contribution in [1.82, 2.24) is 0 Å². The fourth-order valence-electron chi connectivity index (χ4n) is 2.67. The summed E-state index contributed by atoms with van der Waals surface area (Å²) in [6.45, 7) is 9.94. The normalized spacial score (nSPS) is 11.6. The Kier molecular flexibility index (Phi) is 3.80. The molecule has 3 aromatic carbocycles. The molecular weight excluding hydrogens is 266 g/mol. The third kappa shape index (κ3) is 2.66. The van der Waals surface area contributed by atoms with Crippen LogP contribution in [0.15, 0.2) is 67.3 Å². The van der Waals surface area contributed by atoms with Crippen LogP contribution in [0.4, 0.5) is 11.4 Å². The maximum Gasteiger partial charge on any atom is 0.0464 e. The molecule has 0 spiro atoms. The first-order valence-corrected chi connectivity index (χ1v) is 7.36. The van der Waals surface area contributed by atoms with Crippen LogP contribution in [-0.2, 0) is 0 Å². The van der Waals surface area contributed by atoms with Gasteiger partial charge in [0.15, 0.2) is 0 Å². The standard InChI is InChI=1S/C21H19N/c1-4-7-17-14-18(12-10-15(17)2)22-21-13-11-16(3)19-8-5-6-9-20(19)21/h4-14,22H,1-2H2,3H3/b17-7-. The monoisotopic (exact) mass is 285 g/mol. The van der Waals surface area contributed by atoms with E-state index in [1.165, 1.54) is 16.3 Å². The van der Waals surface area contributed by atoms with Crippen LogP contribution in [0.2, 0.25) is 0 Å². The van der Waals surface area contributed by atoms with Crippen molar-refractivity contribution >= 4 is 34.8 Å². The molecule has 0 aliphatic carbocycles. The highest BCUT2D eigenvalue weighted by molar-refractivity contribution is 5.97. The number of allylic oxidation sites excluding steroid dienone is 1. The molecule has 3 rings (SSSR count). The Morgan fingerprint density at radius 1 is 0.955 bits per heavy atom. The second-order valence-corrected chi connectivity index (χ2v) is 5.42. The van der Waals surface area contributed by atoms with Crippen LogP contribution in [0.1, 0.15) is 5.56 Å². The Bertz CT molecular complexity index is 951. The highest BCUT2D eigenvalue weighted by atomic mass is 14.9. The second kappa shape index (κ2) is 5.90. The van der Waals surface area contributed by atoms with Crippen molar-refractivity contribution in [3.8, 4) is 0 Å². The third-order valence-corrected chi connectivity index (χ3v) is 3.86. The van der Waals surface area contributed by atoms with Crippen LogP contribution in [0.25, 0.3) is 23.4 Å². The van der Waals surface area contributed by atoms with E-state index in [2.05, 4.69) is 73.9 Å². The Morgan fingerprint density at radius 2 is 1.73 bits per heavy atom. The van der Waals surface area contributed by atoms with Gasteiger partial charge in [-0.3, -0.25) is 0 Å². The van der Waals surface area contributed by atoms with E-state index in [-0.39, 0.29) is 0 Å². The van der Waals surface area contributed by atoms with Gasteiger partial charge in [0.05, 0.1) is 0 Å². The zero-order valence-electron chi connectivity index (χ0n) is 12.8. The van der Waals surface area contributed by atoms with Crippen molar-refractivity contribution in [3.63, 3.8) is 0 Å². The molecule has 1 nitrogen and oxygen atoms in total. The predicted molar refractivity (Wildman–Crippen MR) is 97.8 cm³/mol. The molecular formula is C21H19N. The van der Waals surface area contributed by atoms with E-state index in [1.807, 2.05) is 12.1 Å². The third-order valence-electron chi connectivity index (χ3n) is 3.86. The molecule has 0 radical (unpaired) electrons. The first kappa shape index (κ1) is 14.2. The summed E-state index contributed by atoms with van der Waals surface area (Å²) in [5.41, 5.74) is 3.45. The number of hydrogen-bond acceptors (Lipinski definition) is 1. The Hall–Kier alpha value is -2.80. The van der Waals surface area contributed by atoms with E-state index in [0.29, 0.717) is 0 Å². The van der Waals surface area contributed by atoms with E-state index in [1.54, 1.807) is 6.08 Å². The zero-order valence-corrected chi connectivity index (χ0v) is 12.8. The van der Waals surface area contributed by atoms with E-state index in [0.717, 1.165) is 21.8 Å². The van der Waals surface area contributed by atoms with Gasteiger partial charge in [0.25, 0.3) is 0 Å². The largest absolute Gasteiger partial charge is 0.355 e. The number of fused-ring (bicyclic) bond motifs is 1. The van der Waals surface area contributed by atoms with Gasteiger partial charge in [-0.25, -0.2) is 0 Å². The van der Waals surface area contributed by atoms with Crippen molar-refractivity contribution < 1.29 is 0 Å². The van der Waals surface area contributed by atoms with Gasteiger partial charge in [0.1, 0.15) is 0 Å². The van der Waals surface area contributed by atoms with E-state index in [4.69, 9.17) is 0 Å². The minimum absolute atomic E-state index is 0.999. The molecule has 0 aliphatic rings. The summed E-state index contributed by atoms with van der Waals surface area (Å²) < 4.78 is 0. The molecule has 22 heavy (non-hydrogen) atoms. The fraction of sp³-hybridized carbons (Fsp3) is 0.0476. The maximum absolute atomic E-state index is 4.04. The maximum atomic E-state index is 4.04. The molecule has 0 aromatic heterocycles. The number of aryl methyl sites for hydroxylation is 1. The smallest absolute Gasteiger partial charge is 0.0464 e. The zero-order chi connectivity index (χ0) is 15.5. The Labute approximate surface area is 130 Å². The van der Waals surface area contributed by atoms with E-state index in [9.17, 15) is 0 Å². The fourth-order valence-corrected chi connectivity index (χ4v) is 2.67. The molecule has 0 heterocycles. The second-order valence-electron chi connectivity index (χ2n) is 5.42. The van der Waals surface area contributed by atoms with E-state index < -0.39 is 0 Å². The van der Waals surface area contributed by atoms with Gasteiger partial charge < -0.3 is 5.32 Å². The van der Waals surface area contributed by atoms with Crippen molar-refractivity contribution in [2.45, 2.75) is 6.92 Å². The summed E-state index contributed by atoms with van der Waals surface area (Å²) in [6.07, 6.45) is 3.76. The molecule has 0 atom stereocenters. The van der Waals surface area contributed by atoms with Gasteiger partial charge in [0, 0.05) is 16.8 Å². The number of hydrogen-bond donors (Lipinski definition) is 1. The van der Waals surface area contributed by atoms with Crippen LogP contribution in [0.3, 0.4) is 0 Å². The average Bonchev–Trinajstić information content (AvgIpc) is 2.54. The van der Waals surface area contributed by atoms with Gasteiger partial charge in [-0.15, -0.1) is 0 Å². The summed E-state index contributed by atoms with van der Waals surface area (Å²) >= 11 is 0. The molecule has 0 saturated heterocycles. The van der Waals surface area contributed by atoms with Crippen molar-refractivity contribution in [2.24, 2.45) is 0 Å². The number of rotatable bonds is 3. The molecule has 0 fully saturated rings. The number of anilines is 2. The summed E-state index contributed by atoms with van der Waals surface area (Å²) in [5.74, 6) is 0. The molecule has 0 unspecified atom stereocenters. The Morgan fingerprint density at radius 3 is 2.50 bits per heavy atom. The van der Waals surface area contributed by atoms with Crippen LogP contribution in [-0.4, -0.2) is 0 Å². The summed E-state index contributed by atoms with van der Waals surface area (Å²) in [5, 5.41) is 8.11. The van der Waals surface area contributed by atoms with E-state index >= 15 is 0 Å². The molecule has 1 heteroatoms. The number of benzene rings is 3. The molecule has 108 valence electrons. The Balaban J connectivity index is 2.10. The molecule has 3 aromatic rings. The van der Waals surface area contributed by atoms with Crippen molar-refractivity contribution in [3.05, 3.63) is 83.3 Å². The van der Waals surface area contributed by atoms with Gasteiger partial charge in [-0.2, -0.15) is 0 Å². The lowest BCUT2D eigenvalue weighted by Crippen LogP contribution is -2.22. The molecule has 0 bridgehead atoms. The van der Waals surface area contributed by atoms with Gasteiger partial charge in [0.2, 0.25) is 0 Å². The van der Waals surface area contributed by atoms with Gasteiger partial charge in [-0.1, -0.05) is 61.7 Å². The van der Waals surface area contributed by atoms with Crippen LogP contribution in [0, 0.1) is 6.92 Å². The first-order valence-electron chi connectivity index (χ1n) is 7.36. The lowest BCUT2D eigenvalue weighted by atomic mass is 10.0. The highest BCUT2D eigenvalue weighted by Crippen LogP contribution is 2.28. The quantitative estimate of drug-likeness (QED) is 0.758. The minimum Gasteiger partial charge on any atom is -0.355 e. The summed E-state index contributed by atoms with van der Waals surface area (Å²) in [6, 6.07) is 18.9. The SMILES string of the molecule is C=C/C=c1/cc(Nc2ccc(C)c3ccccc23)ccc1=C. The van der Waals surface area contributed by atoms with Gasteiger partial charge in [-0.05, 0) is 46.5 Å². The van der Waals surface area contributed by atoms with Crippen LogP contribution >= 0.6 is 0 Å². The minimum atomic E-state index is 0.999. The summed E-state index contributed by atoms with van der Waals surface area (Å²) in [4.78, 5) is 0. The first-order chi connectivity index (χ1) is 10.7. The lowest BCUT2D eigenvalue weighted by Gasteiger charge is -2.11. The van der Waals surface area contributed by atoms with Crippen molar-refractivity contribution in [1.29, 1.82) is 0 Å². The molecule has 1 N–H and O–H groups in total. The van der Waals surface area contributed by atoms with Gasteiger partial charge >= 0.3 is 0 Å². The highest BCUT2D eigenvalue weighted by Gasteiger charge is 2.03. The molecule has 0 saturated carbocycles.